The van der Waals surface area contributed by atoms with E-state index < -0.39 is 29.8 Å². The van der Waals surface area contributed by atoms with Crippen LogP contribution in [-0.2, 0) is 14.4 Å². The summed E-state index contributed by atoms with van der Waals surface area (Å²) in [7, 11) is 0. The minimum absolute atomic E-state index is 0.0885. The lowest BCUT2D eigenvalue weighted by atomic mass is 10.3. The lowest BCUT2D eigenvalue weighted by Crippen LogP contribution is -2.50. The maximum Gasteiger partial charge on any atom is 0.240 e. The maximum atomic E-state index is 11.3. The summed E-state index contributed by atoms with van der Waals surface area (Å²) in [5.41, 5.74) is 10.4. The second-order valence-electron chi connectivity index (χ2n) is 3.21. The maximum absolute atomic E-state index is 11.3. The van der Waals surface area contributed by atoms with Gasteiger partial charge in [-0.15, -0.1) is 0 Å². The molecule has 7 nitrogen and oxygen atoms in total. The van der Waals surface area contributed by atoms with Crippen molar-refractivity contribution in [1.82, 2.24) is 10.6 Å². The number of hydrogen-bond acceptors (Lipinski definition) is 6. The third kappa shape index (κ3) is 6.39. The zero-order valence-corrected chi connectivity index (χ0v) is 10.8. The Labute approximate surface area is 110 Å². The van der Waals surface area contributed by atoms with E-state index in [2.05, 4.69) is 35.9 Å². The van der Waals surface area contributed by atoms with Gasteiger partial charge >= 0.3 is 0 Å². The molecule has 3 amide bonds. The van der Waals surface area contributed by atoms with E-state index in [9.17, 15) is 14.4 Å². The molecule has 6 N–H and O–H groups in total. The van der Waals surface area contributed by atoms with Crippen LogP contribution in [-0.4, -0.2) is 47.9 Å². The normalized spacial score (nSPS) is 13.6. The van der Waals surface area contributed by atoms with Crippen LogP contribution in [0.2, 0.25) is 0 Å². The molecule has 0 aromatic heterocycles. The SMILES string of the molecule is NC(=O)[C@H](CS)NC(=O)CNC(=O)[C@@H](N)CS. The quantitative estimate of drug-likeness (QED) is 0.283. The van der Waals surface area contributed by atoms with Crippen LogP contribution >= 0.6 is 25.3 Å². The molecule has 0 radical (unpaired) electrons. The average molecular weight is 280 g/mol. The number of rotatable bonds is 7. The fraction of sp³-hybridized carbons (Fsp3) is 0.625. The average Bonchev–Trinajstić information content (AvgIpc) is 2.31. The van der Waals surface area contributed by atoms with Crippen molar-refractivity contribution in [3.8, 4) is 0 Å². The topological polar surface area (TPSA) is 127 Å². The molecule has 0 bridgehead atoms. The van der Waals surface area contributed by atoms with Gasteiger partial charge in [0.05, 0.1) is 12.6 Å². The Morgan fingerprint density at radius 1 is 1.18 bits per heavy atom. The number of carbonyl (C=O) groups excluding carboxylic acids is 3. The molecule has 0 unspecified atom stereocenters. The van der Waals surface area contributed by atoms with Crippen molar-refractivity contribution >= 4 is 43.0 Å². The van der Waals surface area contributed by atoms with E-state index in [-0.39, 0.29) is 18.1 Å². The van der Waals surface area contributed by atoms with Gasteiger partial charge in [-0.3, -0.25) is 14.4 Å². The highest BCUT2D eigenvalue weighted by molar-refractivity contribution is 7.80. The highest BCUT2D eigenvalue weighted by Gasteiger charge is 2.17. The van der Waals surface area contributed by atoms with Crippen LogP contribution in [0.1, 0.15) is 0 Å². The van der Waals surface area contributed by atoms with E-state index >= 15 is 0 Å². The fourth-order valence-electron chi connectivity index (χ4n) is 0.834. The third-order valence-electron chi connectivity index (χ3n) is 1.82. The van der Waals surface area contributed by atoms with Gasteiger partial charge in [-0.2, -0.15) is 25.3 Å². The molecule has 0 aliphatic rings. The Bertz CT molecular complexity index is 300. The molecule has 0 aromatic carbocycles. The van der Waals surface area contributed by atoms with Crippen LogP contribution in [0.15, 0.2) is 0 Å². The molecule has 9 heteroatoms. The first-order chi connectivity index (χ1) is 7.92. The lowest BCUT2D eigenvalue weighted by molar-refractivity contribution is -0.128. The summed E-state index contributed by atoms with van der Waals surface area (Å²) in [6.07, 6.45) is 0. The Hall–Kier alpha value is -0.930. The molecule has 0 spiro atoms. The highest BCUT2D eigenvalue weighted by Crippen LogP contribution is 1.87. The number of thiol groups is 2. The Morgan fingerprint density at radius 3 is 2.18 bits per heavy atom. The number of primary amides is 1. The van der Waals surface area contributed by atoms with Gasteiger partial charge in [0.2, 0.25) is 17.7 Å². The van der Waals surface area contributed by atoms with Gasteiger partial charge in [-0.05, 0) is 0 Å². The Morgan fingerprint density at radius 2 is 1.76 bits per heavy atom. The van der Waals surface area contributed by atoms with Gasteiger partial charge < -0.3 is 22.1 Å². The molecule has 0 saturated heterocycles. The molecule has 0 heterocycles. The molecule has 0 aliphatic heterocycles. The van der Waals surface area contributed by atoms with Gasteiger partial charge in [0.15, 0.2) is 0 Å². The molecule has 0 aromatic rings. The highest BCUT2D eigenvalue weighted by atomic mass is 32.1. The minimum atomic E-state index is -0.860. The second-order valence-corrected chi connectivity index (χ2v) is 3.94. The van der Waals surface area contributed by atoms with E-state index in [1.165, 1.54) is 0 Å². The van der Waals surface area contributed by atoms with Crippen molar-refractivity contribution in [3.05, 3.63) is 0 Å². The predicted molar refractivity (Wildman–Crippen MR) is 69.8 cm³/mol. The zero-order valence-electron chi connectivity index (χ0n) is 9.05. The monoisotopic (exact) mass is 280 g/mol. The molecule has 0 rings (SSSR count). The molecule has 0 saturated carbocycles. The summed E-state index contributed by atoms with van der Waals surface area (Å²) >= 11 is 7.69. The van der Waals surface area contributed by atoms with Crippen molar-refractivity contribution in [2.75, 3.05) is 18.1 Å². The molecule has 98 valence electrons. The van der Waals surface area contributed by atoms with Crippen LogP contribution < -0.4 is 22.1 Å². The number of hydrogen-bond donors (Lipinski definition) is 6. The van der Waals surface area contributed by atoms with E-state index in [4.69, 9.17) is 11.5 Å². The molecular formula is C8H16N4O3S2. The van der Waals surface area contributed by atoms with Crippen LogP contribution in [0, 0.1) is 0 Å². The summed E-state index contributed by atoms with van der Waals surface area (Å²) in [4.78, 5) is 33.3. The van der Waals surface area contributed by atoms with E-state index in [1.54, 1.807) is 0 Å². The number of nitrogens with two attached hydrogens (primary N) is 2. The first-order valence-corrected chi connectivity index (χ1v) is 6.02. The van der Waals surface area contributed by atoms with Gasteiger partial charge in [0.25, 0.3) is 0 Å². The standard InChI is InChI=1S/C8H16N4O3S2/c9-4(2-16)8(15)11-1-6(13)12-5(3-17)7(10)14/h4-5,16-17H,1-3,9H2,(H2,10,14)(H,11,15)(H,12,13)/t4-,5-/m0/s1. The van der Waals surface area contributed by atoms with Crippen molar-refractivity contribution in [1.29, 1.82) is 0 Å². The molecule has 0 fully saturated rings. The number of carbonyl (C=O) groups is 3. The minimum Gasteiger partial charge on any atom is -0.368 e. The van der Waals surface area contributed by atoms with Gasteiger partial charge in [0.1, 0.15) is 6.04 Å². The molecule has 0 aliphatic carbocycles. The van der Waals surface area contributed by atoms with Crippen LogP contribution in [0.4, 0.5) is 0 Å². The van der Waals surface area contributed by atoms with Crippen molar-refractivity contribution in [2.24, 2.45) is 11.5 Å². The van der Waals surface area contributed by atoms with Crippen LogP contribution in [0.3, 0.4) is 0 Å². The molecular weight excluding hydrogens is 264 g/mol. The summed E-state index contributed by atoms with van der Waals surface area (Å²) < 4.78 is 0. The van der Waals surface area contributed by atoms with Gasteiger partial charge in [-0.25, -0.2) is 0 Å². The summed E-state index contributed by atoms with van der Waals surface area (Å²) in [5, 5.41) is 4.61. The van der Waals surface area contributed by atoms with E-state index in [0.29, 0.717) is 0 Å². The van der Waals surface area contributed by atoms with E-state index in [1.807, 2.05) is 0 Å². The van der Waals surface area contributed by atoms with E-state index in [0.717, 1.165) is 0 Å². The molecule has 17 heavy (non-hydrogen) atoms. The van der Waals surface area contributed by atoms with Crippen molar-refractivity contribution in [2.45, 2.75) is 12.1 Å². The van der Waals surface area contributed by atoms with Crippen molar-refractivity contribution < 1.29 is 14.4 Å². The van der Waals surface area contributed by atoms with Crippen molar-refractivity contribution in [3.63, 3.8) is 0 Å². The first kappa shape index (κ1) is 16.1. The summed E-state index contributed by atoms with van der Waals surface area (Å²) in [6.45, 7) is -0.280. The first-order valence-electron chi connectivity index (χ1n) is 4.76. The summed E-state index contributed by atoms with van der Waals surface area (Å²) in [6, 6.07) is -1.63. The largest absolute Gasteiger partial charge is 0.368 e. The zero-order chi connectivity index (χ0) is 13.4. The van der Waals surface area contributed by atoms with Gasteiger partial charge in [0, 0.05) is 11.5 Å². The fourth-order valence-corrected chi connectivity index (χ4v) is 1.27. The number of nitrogens with one attached hydrogen (secondary N) is 2. The molecule has 2 atom stereocenters. The predicted octanol–water partition coefficient (Wildman–Crippen LogP) is -2.74. The second kappa shape index (κ2) is 8.20. The third-order valence-corrected chi connectivity index (χ3v) is 2.58. The van der Waals surface area contributed by atoms with Gasteiger partial charge in [-0.1, -0.05) is 0 Å². The van der Waals surface area contributed by atoms with Crippen LogP contribution in [0.25, 0.3) is 0 Å². The smallest absolute Gasteiger partial charge is 0.240 e. The van der Waals surface area contributed by atoms with Crippen LogP contribution in [0.5, 0.6) is 0 Å². The summed E-state index contributed by atoms with van der Waals surface area (Å²) in [5.74, 6) is -1.45. The lowest BCUT2D eigenvalue weighted by Gasteiger charge is -2.14. The Kier molecular flexibility index (Phi) is 7.75. The number of amides is 3. The Balaban J connectivity index is 4.03.